The van der Waals surface area contributed by atoms with Gasteiger partial charge in [0, 0.05) is 18.0 Å². The standard InChI is InChI=1S/C10H10N4O2/c1-6-3-9(16)12-10(11-6)14-4-8(5-15)7(2)13-14/h3-5H,1-2H3,(H,11,12,16). The van der Waals surface area contributed by atoms with Gasteiger partial charge >= 0.3 is 0 Å². The first-order chi connectivity index (χ1) is 7.60. The van der Waals surface area contributed by atoms with Crippen LogP contribution in [0.15, 0.2) is 17.1 Å². The lowest BCUT2D eigenvalue weighted by Gasteiger charge is -1.99. The van der Waals surface area contributed by atoms with Crippen LogP contribution in [-0.2, 0) is 0 Å². The van der Waals surface area contributed by atoms with E-state index in [0.717, 1.165) is 0 Å². The summed E-state index contributed by atoms with van der Waals surface area (Å²) in [7, 11) is 0. The molecule has 0 aliphatic heterocycles. The van der Waals surface area contributed by atoms with Crippen LogP contribution < -0.4 is 5.56 Å². The zero-order valence-electron chi connectivity index (χ0n) is 8.89. The summed E-state index contributed by atoms with van der Waals surface area (Å²) in [6, 6.07) is 1.39. The Morgan fingerprint density at radius 2 is 2.19 bits per heavy atom. The van der Waals surface area contributed by atoms with E-state index in [1.54, 1.807) is 13.8 Å². The minimum absolute atomic E-state index is 0.247. The second-order valence-corrected chi connectivity index (χ2v) is 3.44. The second kappa shape index (κ2) is 3.73. The van der Waals surface area contributed by atoms with Crippen molar-refractivity contribution in [3.63, 3.8) is 0 Å². The van der Waals surface area contributed by atoms with E-state index in [2.05, 4.69) is 15.1 Å². The summed E-state index contributed by atoms with van der Waals surface area (Å²) in [5.41, 5.74) is 1.42. The molecule has 16 heavy (non-hydrogen) atoms. The fourth-order valence-corrected chi connectivity index (χ4v) is 1.37. The Morgan fingerprint density at radius 3 is 2.75 bits per heavy atom. The van der Waals surface area contributed by atoms with E-state index in [1.807, 2.05) is 0 Å². The van der Waals surface area contributed by atoms with Crippen LogP contribution in [0.2, 0.25) is 0 Å². The molecule has 0 unspecified atom stereocenters. The summed E-state index contributed by atoms with van der Waals surface area (Å²) >= 11 is 0. The van der Waals surface area contributed by atoms with Crippen molar-refractivity contribution in [3.05, 3.63) is 39.6 Å². The molecule has 0 aliphatic rings. The highest BCUT2D eigenvalue weighted by molar-refractivity contribution is 5.75. The van der Waals surface area contributed by atoms with E-state index in [4.69, 9.17) is 0 Å². The molecule has 0 saturated carbocycles. The van der Waals surface area contributed by atoms with Crippen LogP contribution in [0, 0.1) is 13.8 Å². The summed E-state index contributed by atoms with van der Waals surface area (Å²) in [5.74, 6) is 0.307. The molecular formula is C10H10N4O2. The van der Waals surface area contributed by atoms with Crippen molar-refractivity contribution in [2.75, 3.05) is 0 Å². The summed E-state index contributed by atoms with van der Waals surface area (Å²) in [6.07, 6.45) is 2.24. The predicted molar refractivity (Wildman–Crippen MR) is 56.8 cm³/mol. The Balaban J connectivity index is 2.58. The quantitative estimate of drug-likeness (QED) is 0.739. The highest BCUT2D eigenvalue weighted by atomic mass is 16.1. The first-order valence-corrected chi connectivity index (χ1v) is 4.70. The molecule has 2 aromatic rings. The van der Waals surface area contributed by atoms with Gasteiger partial charge in [0.1, 0.15) is 0 Å². The van der Waals surface area contributed by atoms with Gasteiger partial charge in [0.2, 0.25) is 5.95 Å². The lowest BCUT2D eigenvalue weighted by atomic mass is 10.3. The zero-order valence-corrected chi connectivity index (χ0v) is 8.89. The van der Waals surface area contributed by atoms with Crippen LogP contribution in [0.3, 0.4) is 0 Å². The number of aromatic amines is 1. The monoisotopic (exact) mass is 218 g/mol. The molecule has 2 aromatic heterocycles. The highest BCUT2D eigenvalue weighted by Gasteiger charge is 2.07. The number of nitrogens with one attached hydrogen (secondary N) is 1. The van der Waals surface area contributed by atoms with E-state index < -0.39 is 0 Å². The maximum atomic E-state index is 11.2. The van der Waals surface area contributed by atoms with Crippen LogP contribution >= 0.6 is 0 Å². The Kier molecular flexibility index (Phi) is 2.40. The van der Waals surface area contributed by atoms with Crippen molar-refractivity contribution in [1.29, 1.82) is 0 Å². The number of aromatic nitrogens is 4. The van der Waals surface area contributed by atoms with Gasteiger partial charge in [0.05, 0.1) is 11.3 Å². The smallest absolute Gasteiger partial charge is 0.252 e. The average Bonchev–Trinajstić information content (AvgIpc) is 2.58. The number of hydrogen-bond acceptors (Lipinski definition) is 4. The number of rotatable bonds is 2. The number of nitrogens with zero attached hydrogens (tertiary/aromatic N) is 3. The van der Waals surface area contributed by atoms with Gasteiger partial charge in [-0.3, -0.25) is 14.6 Å². The van der Waals surface area contributed by atoms with Crippen molar-refractivity contribution in [1.82, 2.24) is 19.7 Å². The van der Waals surface area contributed by atoms with Gasteiger partial charge in [-0.1, -0.05) is 0 Å². The normalized spacial score (nSPS) is 10.4. The molecule has 2 heterocycles. The molecule has 0 fully saturated rings. The van der Waals surface area contributed by atoms with E-state index >= 15 is 0 Å². The summed E-state index contributed by atoms with van der Waals surface area (Å²) in [5, 5.41) is 4.09. The molecule has 0 aliphatic carbocycles. The van der Waals surface area contributed by atoms with Gasteiger partial charge in [-0.2, -0.15) is 5.10 Å². The molecule has 2 rings (SSSR count). The topological polar surface area (TPSA) is 80.6 Å². The molecule has 6 nitrogen and oxygen atoms in total. The third-order valence-electron chi connectivity index (χ3n) is 2.14. The van der Waals surface area contributed by atoms with Crippen LogP contribution in [0.1, 0.15) is 21.7 Å². The molecular weight excluding hydrogens is 208 g/mol. The molecule has 0 amide bonds. The fraction of sp³-hybridized carbons (Fsp3) is 0.200. The second-order valence-electron chi connectivity index (χ2n) is 3.44. The van der Waals surface area contributed by atoms with Crippen LogP contribution in [0.25, 0.3) is 5.95 Å². The van der Waals surface area contributed by atoms with Crippen molar-refractivity contribution in [2.45, 2.75) is 13.8 Å². The molecule has 0 aromatic carbocycles. The van der Waals surface area contributed by atoms with E-state index in [9.17, 15) is 9.59 Å². The van der Waals surface area contributed by atoms with Crippen molar-refractivity contribution >= 4 is 6.29 Å². The Hall–Kier alpha value is -2.24. The summed E-state index contributed by atoms with van der Waals surface area (Å²) < 4.78 is 1.38. The van der Waals surface area contributed by atoms with Gasteiger partial charge < -0.3 is 0 Å². The van der Waals surface area contributed by atoms with Gasteiger partial charge in [0.15, 0.2) is 6.29 Å². The van der Waals surface area contributed by atoms with Crippen LogP contribution in [-0.4, -0.2) is 26.0 Å². The van der Waals surface area contributed by atoms with Crippen LogP contribution in [0.4, 0.5) is 0 Å². The molecule has 0 radical (unpaired) electrons. The summed E-state index contributed by atoms with van der Waals surface area (Å²) in [4.78, 5) is 28.6. The first-order valence-electron chi connectivity index (χ1n) is 4.70. The van der Waals surface area contributed by atoms with E-state index in [0.29, 0.717) is 29.2 Å². The Bertz CT molecular complexity index is 597. The van der Waals surface area contributed by atoms with Crippen molar-refractivity contribution < 1.29 is 4.79 Å². The predicted octanol–water partition coefficient (Wildman–Crippen LogP) is 0.385. The summed E-state index contributed by atoms with van der Waals surface area (Å²) in [6.45, 7) is 3.43. The maximum absolute atomic E-state index is 11.2. The molecule has 6 heteroatoms. The van der Waals surface area contributed by atoms with Gasteiger partial charge in [-0.25, -0.2) is 9.67 Å². The Labute approximate surface area is 91.0 Å². The highest BCUT2D eigenvalue weighted by Crippen LogP contribution is 2.05. The third kappa shape index (κ3) is 1.77. The largest absolute Gasteiger partial charge is 0.298 e. The third-order valence-corrected chi connectivity index (χ3v) is 2.14. The number of hydrogen-bond donors (Lipinski definition) is 1. The molecule has 0 bridgehead atoms. The number of carbonyl (C=O) groups excluding carboxylic acids is 1. The minimum atomic E-state index is -0.247. The SMILES string of the molecule is Cc1cc(=O)[nH]c(-n2cc(C=O)c(C)n2)n1. The number of H-pyrrole nitrogens is 1. The molecule has 1 N–H and O–H groups in total. The Morgan fingerprint density at radius 1 is 1.44 bits per heavy atom. The minimum Gasteiger partial charge on any atom is -0.298 e. The van der Waals surface area contributed by atoms with Crippen molar-refractivity contribution in [2.24, 2.45) is 0 Å². The number of carbonyl (C=O) groups is 1. The molecule has 0 saturated heterocycles. The number of aryl methyl sites for hydroxylation is 2. The maximum Gasteiger partial charge on any atom is 0.252 e. The van der Waals surface area contributed by atoms with Gasteiger partial charge in [0.25, 0.3) is 5.56 Å². The lowest BCUT2D eigenvalue weighted by molar-refractivity contribution is 0.112. The van der Waals surface area contributed by atoms with E-state index in [1.165, 1.54) is 16.9 Å². The fourth-order valence-electron chi connectivity index (χ4n) is 1.37. The van der Waals surface area contributed by atoms with Gasteiger partial charge in [-0.05, 0) is 13.8 Å². The zero-order chi connectivity index (χ0) is 11.7. The first kappa shape index (κ1) is 10.3. The van der Waals surface area contributed by atoms with Crippen LogP contribution in [0.5, 0.6) is 0 Å². The molecule has 0 atom stereocenters. The van der Waals surface area contributed by atoms with E-state index in [-0.39, 0.29) is 5.56 Å². The van der Waals surface area contributed by atoms with Gasteiger partial charge in [-0.15, -0.1) is 0 Å². The number of aldehydes is 1. The molecule has 0 spiro atoms. The van der Waals surface area contributed by atoms with Crippen molar-refractivity contribution in [3.8, 4) is 5.95 Å². The molecule has 82 valence electrons. The average molecular weight is 218 g/mol. The lowest BCUT2D eigenvalue weighted by Crippen LogP contribution is -2.13.